The normalized spacial score (nSPS) is 11.7. The summed E-state index contributed by atoms with van der Waals surface area (Å²) >= 11 is 1.05. The second-order valence-electron chi connectivity index (χ2n) is 4.14. The molecule has 0 radical (unpaired) electrons. The predicted octanol–water partition coefficient (Wildman–Crippen LogP) is 2.77. The molecule has 0 spiro atoms. The number of halogens is 3. The Morgan fingerprint density at radius 2 is 1.76 bits per heavy atom. The summed E-state index contributed by atoms with van der Waals surface area (Å²) in [7, 11) is -4.24. The summed E-state index contributed by atoms with van der Waals surface area (Å²) in [4.78, 5) is 0.557. The number of aryl methyl sites for hydroxylation is 1. The summed E-state index contributed by atoms with van der Waals surface area (Å²) in [6.45, 7) is 1.15. The number of thiophene rings is 1. The highest BCUT2D eigenvalue weighted by atomic mass is 32.2. The molecule has 2 aromatic rings. The van der Waals surface area contributed by atoms with Crippen molar-refractivity contribution in [3.63, 3.8) is 0 Å². The van der Waals surface area contributed by atoms with Gasteiger partial charge in [0.05, 0.1) is 6.61 Å². The zero-order valence-corrected chi connectivity index (χ0v) is 12.3. The molecule has 0 aliphatic carbocycles. The molecule has 9 heteroatoms. The maximum absolute atomic E-state index is 13.5. The van der Waals surface area contributed by atoms with Crippen molar-refractivity contribution in [1.29, 1.82) is 0 Å². The van der Waals surface area contributed by atoms with E-state index in [2.05, 4.69) is 0 Å². The van der Waals surface area contributed by atoms with Crippen LogP contribution >= 0.6 is 11.3 Å². The number of anilines is 1. The van der Waals surface area contributed by atoms with Crippen molar-refractivity contribution in [2.75, 3.05) is 4.72 Å². The minimum Gasteiger partial charge on any atom is -0.391 e. The van der Waals surface area contributed by atoms with E-state index in [9.17, 15) is 21.6 Å². The monoisotopic (exact) mass is 337 g/mol. The fourth-order valence-corrected chi connectivity index (χ4v) is 4.27. The standard InChI is InChI=1S/C12H10F3NO3S2/c1-6-11(4-8(5-17)20-6)21(18,19)16-12-9(14)2-7(13)3-10(12)15/h2-4,16-17H,5H2,1H3. The fraction of sp³-hybridized carbons (Fsp3) is 0.167. The van der Waals surface area contributed by atoms with E-state index < -0.39 is 33.2 Å². The number of rotatable bonds is 4. The minimum atomic E-state index is -4.24. The first kappa shape index (κ1) is 15.8. The first-order valence-electron chi connectivity index (χ1n) is 5.62. The quantitative estimate of drug-likeness (QED) is 0.901. The van der Waals surface area contributed by atoms with Crippen LogP contribution in [0.4, 0.5) is 18.9 Å². The van der Waals surface area contributed by atoms with Crippen LogP contribution in [0.25, 0.3) is 0 Å². The topological polar surface area (TPSA) is 66.4 Å². The lowest BCUT2D eigenvalue weighted by Gasteiger charge is -2.09. The molecule has 1 aromatic carbocycles. The van der Waals surface area contributed by atoms with Gasteiger partial charge in [0.25, 0.3) is 10.0 Å². The third kappa shape index (κ3) is 3.20. The van der Waals surface area contributed by atoms with E-state index in [1.54, 1.807) is 4.72 Å². The molecule has 0 amide bonds. The van der Waals surface area contributed by atoms with Crippen LogP contribution in [-0.2, 0) is 16.6 Å². The summed E-state index contributed by atoms with van der Waals surface area (Å²) < 4.78 is 65.8. The van der Waals surface area contributed by atoms with E-state index in [1.165, 1.54) is 13.0 Å². The smallest absolute Gasteiger partial charge is 0.263 e. The van der Waals surface area contributed by atoms with E-state index in [-0.39, 0.29) is 11.5 Å². The molecule has 0 bridgehead atoms. The number of benzene rings is 1. The van der Waals surface area contributed by atoms with E-state index in [1.807, 2.05) is 0 Å². The van der Waals surface area contributed by atoms with Crippen LogP contribution in [0.3, 0.4) is 0 Å². The van der Waals surface area contributed by atoms with Gasteiger partial charge in [-0.3, -0.25) is 4.72 Å². The molecule has 21 heavy (non-hydrogen) atoms. The molecule has 0 unspecified atom stereocenters. The van der Waals surface area contributed by atoms with Gasteiger partial charge < -0.3 is 5.11 Å². The van der Waals surface area contributed by atoms with Crippen molar-refractivity contribution < 1.29 is 26.7 Å². The third-order valence-electron chi connectivity index (χ3n) is 2.61. The molecule has 2 N–H and O–H groups in total. The largest absolute Gasteiger partial charge is 0.391 e. The van der Waals surface area contributed by atoms with Crippen LogP contribution in [0.1, 0.15) is 9.75 Å². The predicted molar refractivity (Wildman–Crippen MR) is 72.1 cm³/mol. The lowest BCUT2D eigenvalue weighted by atomic mass is 10.3. The Morgan fingerprint density at radius 1 is 1.19 bits per heavy atom. The molecule has 4 nitrogen and oxygen atoms in total. The van der Waals surface area contributed by atoms with Crippen molar-refractivity contribution in [1.82, 2.24) is 0 Å². The third-order valence-corrected chi connectivity index (χ3v) is 5.25. The number of hydrogen-bond acceptors (Lipinski definition) is 4. The van der Waals surface area contributed by atoms with Gasteiger partial charge in [-0.2, -0.15) is 0 Å². The van der Waals surface area contributed by atoms with Crippen LogP contribution in [-0.4, -0.2) is 13.5 Å². The maximum atomic E-state index is 13.5. The maximum Gasteiger partial charge on any atom is 0.263 e. The molecule has 1 aromatic heterocycles. The number of nitrogens with one attached hydrogen (secondary N) is 1. The van der Waals surface area contributed by atoms with Crippen LogP contribution in [0.15, 0.2) is 23.1 Å². The molecule has 0 saturated carbocycles. The van der Waals surface area contributed by atoms with E-state index in [4.69, 9.17) is 5.11 Å². The summed E-state index contributed by atoms with van der Waals surface area (Å²) in [6.07, 6.45) is 0. The summed E-state index contributed by atoms with van der Waals surface area (Å²) in [5, 5.41) is 8.98. The second-order valence-corrected chi connectivity index (χ2v) is 7.13. The first-order chi connectivity index (χ1) is 9.74. The second kappa shape index (κ2) is 5.66. The number of hydrogen-bond donors (Lipinski definition) is 2. The molecule has 2 rings (SSSR count). The van der Waals surface area contributed by atoms with Crippen molar-refractivity contribution in [2.24, 2.45) is 0 Å². The summed E-state index contributed by atoms with van der Waals surface area (Å²) in [5.41, 5.74) is -0.951. The first-order valence-corrected chi connectivity index (χ1v) is 7.92. The van der Waals surface area contributed by atoms with Gasteiger partial charge in [-0.25, -0.2) is 21.6 Å². The van der Waals surface area contributed by atoms with Crippen LogP contribution < -0.4 is 4.72 Å². The number of aliphatic hydroxyl groups is 1. The van der Waals surface area contributed by atoms with Gasteiger partial charge in [0, 0.05) is 21.9 Å². The van der Waals surface area contributed by atoms with Crippen molar-refractivity contribution in [3.8, 4) is 0 Å². The van der Waals surface area contributed by atoms with Gasteiger partial charge in [-0.05, 0) is 13.0 Å². The van der Waals surface area contributed by atoms with Crippen LogP contribution in [0.2, 0.25) is 0 Å². The van der Waals surface area contributed by atoms with Gasteiger partial charge >= 0.3 is 0 Å². The van der Waals surface area contributed by atoms with E-state index >= 15 is 0 Å². The molecule has 0 aliphatic rings. The van der Waals surface area contributed by atoms with Crippen LogP contribution in [0.5, 0.6) is 0 Å². The summed E-state index contributed by atoms with van der Waals surface area (Å²) in [5.74, 6) is -3.86. The lowest BCUT2D eigenvalue weighted by Crippen LogP contribution is -2.15. The Bertz CT molecular complexity index is 764. The lowest BCUT2D eigenvalue weighted by molar-refractivity contribution is 0.285. The van der Waals surface area contributed by atoms with Gasteiger partial charge in [-0.15, -0.1) is 11.3 Å². The average Bonchev–Trinajstić information content (AvgIpc) is 2.76. The van der Waals surface area contributed by atoms with Gasteiger partial charge in [-0.1, -0.05) is 0 Å². The SMILES string of the molecule is Cc1sc(CO)cc1S(=O)(=O)Nc1c(F)cc(F)cc1F. The van der Waals surface area contributed by atoms with Gasteiger partial charge in [0.15, 0.2) is 11.6 Å². The van der Waals surface area contributed by atoms with Gasteiger partial charge in [0.1, 0.15) is 16.4 Å². The highest BCUT2D eigenvalue weighted by Gasteiger charge is 2.23. The highest BCUT2D eigenvalue weighted by Crippen LogP contribution is 2.29. The molecule has 0 fully saturated rings. The summed E-state index contributed by atoms with van der Waals surface area (Å²) in [6, 6.07) is 1.96. The Balaban J connectivity index is 2.44. The molecule has 0 atom stereocenters. The molecule has 0 saturated heterocycles. The molecular formula is C12H10F3NO3S2. The van der Waals surface area contributed by atoms with E-state index in [0.29, 0.717) is 21.9 Å². The fourth-order valence-electron chi connectivity index (χ4n) is 1.70. The highest BCUT2D eigenvalue weighted by molar-refractivity contribution is 7.93. The van der Waals surface area contributed by atoms with Crippen molar-refractivity contribution in [2.45, 2.75) is 18.4 Å². The Labute approximate surface area is 122 Å². The van der Waals surface area contributed by atoms with E-state index in [0.717, 1.165) is 11.3 Å². The number of sulfonamides is 1. The van der Waals surface area contributed by atoms with Gasteiger partial charge in [0.2, 0.25) is 0 Å². The van der Waals surface area contributed by atoms with Crippen molar-refractivity contribution in [3.05, 3.63) is 45.4 Å². The van der Waals surface area contributed by atoms with Crippen molar-refractivity contribution >= 4 is 27.0 Å². The minimum absolute atomic E-state index is 0.195. The molecule has 1 heterocycles. The zero-order valence-electron chi connectivity index (χ0n) is 10.7. The molecule has 114 valence electrons. The molecular weight excluding hydrogens is 327 g/mol. The zero-order chi connectivity index (χ0) is 15.8. The Hall–Kier alpha value is -1.58. The average molecular weight is 337 g/mol. The number of aliphatic hydroxyl groups excluding tert-OH is 1. The van der Waals surface area contributed by atoms with Crippen LogP contribution in [0, 0.1) is 24.4 Å². The Kier molecular flexibility index (Phi) is 4.26. The Morgan fingerprint density at radius 3 is 2.24 bits per heavy atom. The molecule has 0 aliphatic heterocycles.